The van der Waals surface area contributed by atoms with Crippen molar-refractivity contribution in [1.82, 2.24) is 24.9 Å². The first-order valence-corrected chi connectivity index (χ1v) is 9.69. The molecule has 0 fully saturated rings. The second-order valence-corrected chi connectivity index (χ2v) is 6.93. The fourth-order valence-corrected chi connectivity index (χ4v) is 3.08. The van der Waals surface area contributed by atoms with Crippen molar-refractivity contribution < 1.29 is 27.9 Å². The van der Waals surface area contributed by atoms with E-state index in [2.05, 4.69) is 25.5 Å². The van der Waals surface area contributed by atoms with E-state index in [0.29, 0.717) is 17.0 Å². The summed E-state index contributed by atoms with van der Waals surface area (Å²) in [7, 11) is 1.33. The third-order valence-corrected chi connectivity index (χ3v) is 4.67. The molecule has 12 heteroatoms. The van der Waals surface area contributed by atoms with E-state index in [1.807, 2.05) is 0 Å². The number of hydrogen-bond acceptors (Lipinski definition) is 8. The highest BCUT2D eigenvalue weighted by Crippen LogP contribution is 2.26. The average Bonchev–Trinajstić information content (AvgIpc) is 3.46. The Hall–Kier alpha value is -4.19. The Balaban J connectivity index is 1.72. The van der Waals surface area contributed by atoms with Crippen LogP contribution in [0.2, 0.25) is 0 Å². The lowest BCUT2D eigenvalue weighted by Crippen LogP contribution is -2.34. The van der Waals surface area contributed by atoms with Gasteiger partial charge in [0.15, 0.2) is 17.5 Å². The molecule has 0 spiro atoms. The first kappa shape index (κ1) is 22.0. The maximum Gasteiger partial charge on any atom is 0.328 e. The van der Waals surface area contributed by atoms with Gasteiger partial charge in [-0.3, -0.25) is 4.68 Å². The van der Waals surface area contributed by atoms with Crippen molar-refractivity contribution in [2.75, 3.05) is 19.0 Å². The molecule has 0 amide bonds. The lowest BCUT2D eigenvalue weighted by atomic mass is 10.2. The van der Waals surface area contributed by atoms with Gasteiger partial charge in [-0.15, -0.1) is 0 Å². The summed E-state index contributed by atoms with van der Waals surface area (Å²) in [5, 5.41) is 20.1. The predicted molar refractivity (Wildman–Crippen MR) is 111 cm³/mol. The number of carbonyl (C=O) groups is 1. The SMILES string of the molecule is COCC(Nc1nc(-c2cc(-c3ccon3)n(Cc3ccccc3F)n2)ncc1F)C(=O)O. The van der Waals surface area contributed by atoms with Gasteiger partial charge in [0.2, 0.25) is 0 Å². The maximum absolute atomic E-state index is 14.3. The zero-order valence-corrected chi connectivity index (χ0v) is 17.3. The average molecular weight is 456 g/mol. The van der Waals surface area contributed by atoms with Gasteiger partial charge in [-0.05, 0) is 12.1 Å². The van der Waals surface area contributed by atoms with E-state index < -0.39 is 23.6 Å². The van der Waals surface area contributed by atoms with Crippen LogP contribution in [0.15, 0.2) is 53.4 Å². The summed E-state index contributed by atoms with van der Waals surface area (Å²) >= 11 is 0. The van der Waals surface area contributed by atoms with Crippen LogP contribution >= 0.6 is 0 Å². The number of benzene rings is 1. The van der Waals surface area contributed by atoms with Gasteiger partial charge in [-0.2, -0.15) is 5.10 Å². The number of nitrogens with zero attached hydrogens (tertiary/aromatic N) is 5. The Kier molecular flexibility index (Phi) is 6.36. The number of carboxylic acids is 1. The third kappa shape index (κ3) is 4.85. The lowest BCUT2D eigenvalue weighted by Gasteiger charge is -2.14. The van der Waals surface area contributed by atoms with Crippen molar-refractivity contribution >= 4 is 11.8 Å². The van der Waals surface area contributed by atoms with E-state index >= 15 is 0 Å². The molecular weight excluding hydrogens is 438 g/mol. The zero-order chi connectivity index (χ0) is 23.4. The number of rotatable bonds is 9. The molecule has 1 unspecified atom stereocenters. The standard InChI is InChI=1S/C21H18F2N6O4/c1-32-11-17(21(30)31)25-19-14(23)9-24-20(26-19)16-8-18(15-6-7-33-28-15)29(27-16)10-12-4-2-3-5-13(12)22/h2-9,17H,10-11H2,1H3,(H,30,31)(H,24,25,26). The minimum atomic E-state index is -1.24. The van der Waals surface area contributed by atoms with Gasteiger partial charge in [-0.25, -0.2) is 23.5 Å². The number of nitrogens with one attached hydrogen (secondary N) is 1. The number of aromatic nitrogens is 5. The smallest absolute Gasteiger partial charge is 0.328 e. The maximum atomic E-state index is 14.3. The number of hydrogen-bond donors (Lipinski definition) is 2. The Morgan fingerprint density at radius 2 is 2.06 bits per heavy atom. The van der Waals surface area contributed by atoms with Crippen LogP contribution in [-0.2, 0) is 16.1 Å². The van der Waals surface area contributed by atoms with Crippen LogP contribution in [0.1, 0.15) is 5.56 Å². The molecule has 1 atom stereocenters. The fourth-order valence-electron chi connectivity index (χ4n) is 3.08. The van der Waals surface area contributed by atoms with Crippen molar-refractivity contribution in [3.05, 3.63) is 66.1 Å². The van der Waals surface area contributed by atoms with E-state index in [9.17, 15) is 18.7 Å². The highest BCUT2D eigenvalue weighted by atomic mass is 19.1. The lowest BCUT2D eigenvalue weighted by molar-refractivity contribution is -0.139. The Labute approximate surface area is 185 Å². The van der Waals surface area contributed by atoms with E-state index in [-0.39, 0.29) is 30.5 Å². The van der Waals surface area contributed by atoms with Gasteiger partial charge in [0.1, 0.15) is 29.5 Å². The largest absolute Gasteiger partial charge is 0.480 e. The summed E-state index contributed by atoms with van der Waals surface area (Å²) in [6, 6.07) is 8.24. The minimum absolute atomic E-state index is 0.0254. The number of methoxy groups -OCH3 is 1. The zero-order valence-electron chi connectivity index (χ0n) is 17.3. The molecule has 3 aromatic heterocycles. The van der Waals surface area contributed by atoms with Crippen LogP contribution in [-0.4, -0.2) is 55.7 Å². The molecule has 33 heavy (non-hydrogen) atoms. The van der Waals surface area contributed by atoms with Gasteiger partial charge in [-0.1, -0.05) is 23.4 Å². The van der Waals surface area contributed by atoms with Crippen LogP contribution in [0.4, 0.5) is 14.6 Å². The summed E-state index contributed by atoms with van der Waals surface area (Å²) in [5.41, 5.74) is 1.57. The summed E-state index contributed by atoms with van der Waals surface area (Å²) in [5.74, 6) is -2.78. The van der Waals surface area contributed by atoms with Crippen molar-refractivity contribution in [2.45, 2.75) is 12.6 Å². The molecule has 0 aliphatic rings. The first-order chi connectivity index (χ1) is 16.0. The van der Waals surface area contributed by atoms with Crippen LogP contribution in [0.5, 0.6) is 0 Å². The van der Waals surface area contributed by atoms with Gasteiger partial charge < -0.3 is 19.7 Å². The van der Waals surface area contributed by atoms with E-state index in [1.165, 1.54) is 24.1 Å². The molecule has 0 saturated carbocycles. The summed E-state index contributed by atoms with van der Waals surface area (Å²) < 4.78 is 39.8. The fraction of sp³-hybridized carbons (Fsp3) is 0.190. The highest BCUT2D eigenvalue weighted by molar-refractivity contribution is 5.77. The van der Waals surface area contributed by atoms with Crippen molar-refractivity contribution in [3.63, 3.8) is 0 Å². The third-order valence-electron chi connectivity index (χ3n) is 4.67. The molecule has 0 aliphatic carbocycles. The molecule has 2 N–H and O–H groups in total. The second kappa shape index (κ2) is 9.53. The number of halogens is 2. The first-order valence-electron chi connectivity index (χ1n) is 9.69. The van der Waals surface area contributed by atoms with Gasteiger partial charge in [0.25, 0.3) is 0 Å². The summed E-state index contributed by atoms with van der Waals surface area (Å²) in [4.78, 5) is 19.4. The molecule has 4 aromatic rings. The highest BCUT2D eigenvalue weighted by Gasteiger charge is 2.22. The second-order valence-electron chi connectivity index (χ2n) is 6.93. The van der Waals surface area contributed by atoms with Crippen LogP contribution in [0.3, 0.4) is 0 Å². The van der Waals surface area contributed by atoms with Crippen molar-refractivity contribution in [2.24, 2.45) is 0 Å². The van der Waals surface area contributed by atoms with Crippen LogP contribution < -0.4 is 5.32 Å². The summed E-state index contributed by atoms with van der Waals surface area (Å²) in [6.07, 6.45) is 2.29. The molecule has 4 rings (SSSR count). The Morgan fingerprint density at radius 1 is 1.24 bits per heavy atom. The molecule has 1 aromatic carbocycles. The van der Waals surface area contributed by atoms with E-state index in [1.54, 1.807) is 30.3 Å². The van der Waals surface area contributed by atoms with E-state index in [4.69, 9.17) is 9.26 Å². The molecule has 0 bridgehead atoms. The quantitative estimate of drug-likeness (QED) is 0.391. The molecule has 3 heterocycles. The van der Waals surface area contributed by atoms with Gasteiger partial charge in [0.05, 0.1) is 25.0 Å². The van der Waals surface area contributed by atoms with Crippen LogP contribution in [0, 0.1) is 11.6 Å². The van der Waals surface area contributed by atoms with Crippen molar-refractivity contribution in [3.8, 4) is 22.9 Å². The molecule has 170 valence electrons. The number of ether oxygens (including phenoxy) is 1. The van der Waals surface area contributed by atoms with Gasteiger partial charge in [0, 0.05) is 18.7 Å². The number of carboxylic acid groups (broad SMARTS) is 1. The Bertz CT molecular complexity index is 1260. The number of anilines is 1. The van der Waals surface area contributed by atoms with Gasteiger partial charge >= 0.3 is 5.97 Å². The minimum Gasteiger partial charge on any atom is -0.480 e. The summed E-state index contributed by atoms with van der Waals surface area (Å²) in [6.45, 7) is -0.127. The molecular formula is C21H18F2N6O4. The van der Waals surface area contributed by atoms with E-state index in [0.717, 1.165) is 6.20 Å². The van der Waals surface area contributed by atoms with Crippen molar-refractivity contribution in [1.29, 1.82) is 0 Å². The topological polar surface area (TPSA) is 128 Å². The molecule has 0 aliphatic heterocycles. The normalized spacial score (nSPS) is 12.0. The Morgan fingerprint density at radius 3 is 2.76 bits per heavy atom. The molecule has 0 radical (unpaired) electrons. The molecule has 10 nitrogen and oxygen atoms in total. The molecule has 0 saturated heterocycles. The predicted octanol–water partition coefficient (Wildman–Crippen LogP) is 2.83. The van der Waals surface area contributed by atoms with Crippen LogP contribution in [0.25, 0.3) is 22.9 Å². The number of aliphatic carboxylic acids is 1. The monoisotopic (exact) mass is 456 g/mol.